The summed E-state index contributed by atoms with van der Waals surface area (Å²) in [7, 11) is 0. The minimum absolute atomic E-state index is 0.0837. The Morgan fingerprint density at radius 1 is 1.32 bits per heavy atom. The van der Waals surface area contributed by atoms with Crippen LogP contribution in [0.4, 0.5) is 8.78 Å². The van der Waals surface area contributed by atoms with Crippen LogP contribution in [-0.4, -0.2) is 30.7 Å². The molecule has 0 atom stereocenters. The van der Waals surface area contributed by atoms with Gasteiger partial charge in [0.2, 0.25) is 0 Å². The number of rotatable bonds is 4. The van der Waals surface area contributed by atoms with Crippen molar-refractivity contribution in [3.8, 4) is 5.75 Å². The number of amides is 1. The van der Waals surface area contributed by atoms with Crippen molar-refractivity contribution in [2.75, 3.05) is 13.2 Å². The Bertz CT molecular complexity index is 416. The number of ether oxygens (including phenoxy) is 1. The number of nitrogens with zero attached hydrogens (tertiary/aromatic N) is 1. The predicted octanol–water partition coefficient (Wildman–Crippen LogP) is 2.38. The summed E-state index contributed by atoms with van der Waals surface area (Å²) in [5, 5.41) is 1.37. The maximum atomic E-state index is 12.0. The Hall–Kier alpha value is -1.69. The van der Waals surface area contributed by atoms with Crippen molar-refractivity contribution in [3.05, 3.63) is 29.8 Å². The van der Waals surface area contributed by atoms with Crippen LogP contribution in [0.3, 0.4) is 0 Å². The van der Waals surface area contributed by atoms with E-state index in [1.54, 1.807) is 12.1 Å². The summed E-state index contributed by atoms with van der Waals surface area (Å²) in [6, 6.07) is 6.04. The van der Waals surface area contributed by atoms with E-state index in [1.165, 1.54) is 17.2 Å². The van der Waals surface area contributed by atoms with Crippen LogP contribution in [0.1, 0.15) is 18.4 Å². The van der Waals surface area contributed by atoms with E-state index in [-0.39, 0.29) is 18.1 Å². The molecule has 0 bridgehead atoms. The van der Waals surface area contributed by atoms with Crippen LogP contribution in [-0.2, 0) is 16.1 Å². The Morgan fingerprint density at radius 2 is 2.05 bits per heavy atom. The average Bonchev–Trinajstić information content (AvgIpc) is 2.41. The maximum absolute atomic E-state index is 12.0. The highest BCUT2D eigenvalue weighted by Crippen LogP contribution is 2.16. The number of benzene rings is 1. The molecule has 1 heterocycles. The highest BCUT2D eigenvalue weighted by molar-refractivity contribution is 5.77. The van der Waals surface area contributed by atoms with Crippen molar-refractivity contribution in [2.45, 2.75) is 25.9 Å². The lowest BCUT2D eigenvalue weighted by molar-refractivity contribution is -0.196. The quantitative estimate of drug-likeness (QED) is 0.844. The molecule has 0 radical (unpaired) electrons. The molecule has 2 rings (SSSR count). The van der Waals surface area contributed by atoms with Gasteiger partial charge in [-0.05, 0) is 30.5 Å². The van der Waals surface area contributed by atoms with Crippen LogP contribution < -0.4 is 4.74 Å². The van der Waals surface area contributed by atoms with Gasteiger partial charge in [0, 0.05) is 6.54 Å². The van der Waals surface area contributed by atoms with Crippen molar-refractivity contribution >= 4 is 5.91 Å². The first-order chi connectivity index (χ1) is 9.15. The van der Waals surface area contributed by atoms with Gasteiger partial charge in [-0.1, -0.05) is 12.1 Å². The number of hydrogen-bond acceptors (Lipinski definition) is 3. The maximum Gasteiger partial charge on any atom is 0.387 e. The molecule has 6 heteroatoms. The van der Waals surface area contributed by atoms with Gasteiger partial charge in [0.05, 0.1) is 13.0 Å². The van der Waals surface area contributed by atoms with E-state index in [0.717, 1.165) is 18.4 Å². The fourth-order valence-corrected chi connectivity index (χ4v) is 1.84. The molecule has 4 nitrogen and oxygen atoms in total. The van der Waals surface area contributed by atoms with E-state index in [2.05, 4.69) is 4.74 Å². The minimum Gasteiger partial charge on any atom is -0.435 e. The Labute approximate surface area is 109 Å². The van der Waals surface area contributed by atoms with Crippen LogP contribution in [0.25, 0.3) is 0 Å². The average molecular weight is 271 g/mol. The van der Waals surface area contributed by atoms with Crippen LogP contribution in [0, 0.1) is 0 Å². The van der Waals surface area contributed by atoms with E-state index >= 15 is 0 Å². The molecule has 1 fully saturated rings. The highest BCUT2D eigenvalue weighted by atomic mass is 19.3. The molecule has 1 aliphatic heterocycles. The molecule has 104 valence electrons. The summed E-state index contributed by atoms with van der Waals surface area (Å²) in [4.78, 5) is 17.1. The van der Waals surface area contributed by atoms with Gasteiger partial charge in [-0.3, -0.25) is 9.63 Å². The van der Waals surface area contributed by atoms with Gasteiger partial charge in [0.15, 0.2) is 0 Å². The zero-order valence-corrected chi connectivity index (χ0v) is 10.4. The number of alkyl halides is 2. The second kappa shape index (κ2) is 6.47. The number of hydroxylamine groups is 2. The van der Waals surface area contributed by atoms with E-state index < -0.39 is 6.61 Å². The lowest BCUT2D eigenvalue weighted by Gasteiger charge is -2.25. The summed E-state index contributed by atoms with van der Waals surface area (Å²) >= 11 is 0. The predicted molar refractivity (Wildman–Crippen MR) is 63.7 cm³/mol. The van der Waals surface area contributed by atoms with Crippen LogP contribution >= 0.6 is 0 Å². The Kier molecular flexibility index (Phi) is 4.68. The van der Waals surface area contributed by atoms with Gasteiger partial charge in [0.1, 0.15) is 5.75 Å². The van der Waals surface area contributed by atoms with E-state index in [0.29, 0.717) is 13.2 Å². The molecule has 0 aromatic heterocycles. The molecule has 0 N–H and O–H groups in total. The van der Waals surface area contributed by atoms with Gasteiger partial charge in [0.25, 0.3) is 5.91 Å². The molecule has 1 aliphatic rings. The fourth-order valence-electron chi connectivity index (χ4n) is 1.84. The number of halogens is 2. The molecule has 1 aromatic rings. The van der Waals surface area contributed by atoms with Crippen molar-refractivity contribution < 1.29 is 23.1 Å². The summed E-state index contributed by atoms with van der Waals surface area (Å²) in [6.45, 7) is -1.67. The third kappa shape index (κ3) is 4.17. The van der Waals surface area contributed by atoms with E-state index in [1.807, 2.05) is 0 Å². The molecule has 1 amide bonds. The van der Waals surface area contributed by atoms with Crippen molar-refractivity contribution in [3.63, 3.8) is 0 Å². The van der Waals surface area contributed by atoms with Gasteiger partial charge in [-0.2, -0.15) is 8.78 Å². The largest absolute Gasteiger partial charge is 0.435 e. The number of carbonyl (C=O) groups is 1. The van der Waals surface area contributed by atoms with Gasteiger partial charge in [-0.15, -0.1) is 0 Å². The third-order valence-corrected chi connectivity index (χ3v) is 2.78. The minimum atomic E-state index is -2.84. The molecule has 0 spiro atoms. The first kappa shape index (κ1) is 13.7. The lowest BCUT2D eigenvalue weighted by Crippen LogP contribution is -2.36. The Morgan fingerprint density at radius 3 is 2.63 bits per heavy atom. The topological polar surface area (TPSA) is 38.8 Å². The molecule has 1 saturated heterocycles. The Balaban J connectivity index is 1.89. The molecule has 1 aromatic carbocycles. The van der Waals surface area contributed by atoms with Crippen molar-refractivity contribution in [2.24, 2.45) is 0 Å². The second-order valence-electron chi connectivity index (χ2n) is 4.24. The van der Waals surface area contributed by atoms with Crippen molar-refractivity contribution in [1.29, 1.82) is 0 Å². The zero-order valence-electron chi connectivity index (χ0n) is 10.4. The second-order valence-corrected chi connectivity index (χ2v) is 4.24. The van der Waals surface area contributed by atoms with Crippen molar-refractivity contribution in [1.82, 2.24) is 5.06 Å². The first-order valence-electron chi connectivity index (χ1n) is 6.12. The molecule has 0 unspecified atom stereocenters. The van der Waals surface area contributed by atoms with Gasteiger partial charge >= 0.3 is 6.61 Å². The third-order valence-electron chi connectivity index (χ3n) is 2.78. The molecular weight excluding hydrogens is 256 g/mol. The van der Waals surface area contributed by atoms with E-state index in [4.69, 9.17) is 4.84 Å². The highest BCUT2D eigenvalue weighted by Gasteiger charge is 2.17. The van der Waals surface area contributed by atoms with Crippen LogP contribution in [0.15, 0.2) is 24.3 Å². The normalized spacial score (nSPS) is 15.6. The molecule has 0 saturated carbocycles. The molecule has 0 aliphatic carbocycles. The number of carbonyl (C=O) groups excluding carboxylic acids is 1. The summed E-state index contributed by atoms with van der Waals surface area (Å²) in [5.41, 5.74) is 0.737. The monoisotopic (exact) mass is 271 g/mol. The summed E-state index contributed by atoms with van der Waals surface area (Å²) in [6.07, 6.45) is 2.09. The SMILES string of the molecule is O=C(Cc1ccc(OC(F)F)cc1)N1CCCCO1. The van der Waals surface area contributed by atoms with E-state index in [9.17, 15) is 13.6 Å². The summed E-state index contributed by atoms with van der Waals surface area (Å²) < 4.78 is 28.2. The van der Waals surface area contributed by atoms with Gasteiger partial charge < -0.3 is 4.74 Å². The standard InChI is InChI=1S/C13H15F2NO3/c14-13(15)19-11-5-3-10(4-6-11)9-12(17)16-7-1-2-8-18-16/h3-6,13H,1-2,7-9H2. The smallest absolute Gasteiger partial charge is 0.387 e. The zero-order chi connectivity index (χ0) is 13.7. The number of hydrogen-bond donors (Lipinski definition) is 0. The van der Waals surface area contributed by atoms with Crippen LogP contribution in [0.5, 0.6) is 5.75 Å². The lowest BCUT2D eigenvalue weighted by atomic mass is 10.1. The molecule has 19 heavy (non-hydrogen) atoms. The first-order valence-corrected chi connectivity index (χ1v) is 6.12. The summed E-state index contributed by atoms with van der Waals surface area (Å²) in [5.74, 6) is -0.0392. The van der Waals surface area contributed by atoms with Gasteiger partial charge in [-0.25, -0.2) is 5.06 Å². The fraction of sp³-hybridized carbons (Fsp3) is 0.462. The van der Waals surface area contributed by atoms with Crippen LogP contribution in [0.2, 0.25) is 0 Å². The molecular formula is C13H15F2NO3.